The Kier molecular flexibility index (Phi) is 8.71. The fourth-order valence-electron chi connectivity index (χ4n) is 3.40. The Balaban J connectivity index is 1.62. The first-order chi connectivity index (χ1) is 16.6. The summed E-state index contributed by atoms with van der Waals surface area (Å²) in [5.74, 6) is -1.81. The molecule has 0 radical (unpaired) electrons. The van der Waals surface area contributed by atoms with E-state index in [-0.39, 0.29) is 12.4 Å². The van der Waals surface area contributed by atoms with Gasteiger partial charge in [0.15, 0.2) is 5.78 Å². The SMILES string of the molecule is COCC(NC(=O)c1cnc(C)s1)C(=O)N[C@@H](C)C(=O)NC(Cc1ccccc1)C(=O)C1(C)CO1. The minimum absolute atomic E-state index is 0.0888. The predicted molar refractivity (Wildman–Crippen MR) is 129 cm³/mol. The van der Waals surface area contributed by atoms with E-state index in [1.54, 1.807) is 13.8 Å². The summed E-state index contributed by atoms with van der Waals surface area (Å²) in [6.07, 6.45) is 1.72. The number of aromatic nitrogens is 1. The monoisotopic (exact) mass is 502 g/mol. The summed E-state index contributed by atoms with van der Waals surface area (Å²) in [6, 6.07) is 6.51. The van der Waals surface area contributed by atoms with Crippen molar-refractivity contribution in [1.82, 2.24) is 20.9 Å². The Hall–Kier alpha value is -3.15. The van der Waals surface area contributed by atoms with Crippen molar-refractivity contribution in [2.75, 3.05) is 20.3 Å². The zero-order valence-corrected chi connectivity index (χ0v) is 20.9. The summed E-state index contributed by atoms with van der Waals surface area (Å²) in [6.45, 7) is 5.18. The molecule has 1 aliphatic rings. The highest BCUT2D eigenvalue weighted by molar-refractivity contribution is 7.13. The van der Waals surface area contributed by atoms with Gasteiger partial charge in [-0.2, -0.15) is 0 Å². The number of methoxy groups -OCH3 is 1. The first-order valence-corrected chi connectivity index (χ1v) is 12.0. The Bertz CT molecular complexity index is 1070. The number of nitrogens with one attached hydrogen (secondary N) is 3. The number of aryl methyl sites for hydroxylation is 1. The molecule has 3 N–H and O–H groups in total. The first kappa shape index (κ1) is 26.5. The van der Waals surface area contributed by atoms with Crippen molar-refractivity contribution >= 4 is 34.8 Å². The van der Waals surface area contributed by atoms with Crippen molar-refractivity contribution < 1.29 is 28.7 Å². The molecular formula is C24H30N4O6S. The molecular weight excluding hydrogens is 472 g/mol. The van der Waals surface area contributed by atoms with E-state index in [0.29, 0.717) is 17.9 Å². The van der Waals surface area contributed by atoms with E-state index < -0.39 is 41.4 Å². The van der Waals surface area contributed by atoms with Crippen molar-refractivity contribution in [3.05, 3.63) is 52.0 Å². The maximum absolute atomic E-state index is 13.0. The molecule has 2 heterocycles. The summed E-state index contributed by atoms with van der Waals surface area (Å²) in [7, 11) is 1.40. The van der Waals surface area contributed by atoms with Crippen LogP contribution in [-0.2, 0) is 30.3 Å². The lowest BCUT2D eigenvalue weighted by Gasteiger charge is -2.24. The number of ketones is 1. The zero-order valence-electron chi connectivity index (χ0n) is 20.1. The summed E-state index contributed by atoms with van der Waals surface area (Å²) in [4.78, 5) is 55.6. The smallest absolute Gasteiger partial charge is 0.263 e. The molecule has 0 bridgehead atoms. The molecule has 0 saturated carbocycles. The van der Waals surface area contributed by atoms with Crippen molar-refractivity contribution in [2.24, 2.45) is 0 Å². The molecule has 11 heteroatoms. The van der Waals surface area contributed by atoms with Crippen LogP contribution < -0.4 is 16.0 Å². The number of Topliss-reactive ketones (excluding diaryl/α,β-unsaturated/α-hetero) is 1. The Labute approximate surface area is 207 Å². The number of hydrogen-bond donors (Lipinski definition) is 3. The molecule has 1 aliphatic heterocycles. The third-order valence-electron chi connectivity index (χ3n) is 5.57. The predicted octanol–water partition coefficient (Wildman–Crippen LogP) is 0.787. The van der Waals surface area contributed by atoms with E-state index in [0.717, 1.165) is 10.6 Å². The fourth-order valence-corrected chi connectivity index (χ4v) is 4.08. The number of amides is 3. The van der Waals surface area contributed by atoms with Gasteiger partial charge in [-0.1, -0.05) is 30.3 Å². The first-order valence-electron chi connectivity index (χ1n) is 11.2. The highest BCUT2D eigenvalue weighted by Gasteiger charge is 2.50. The number of ether oxygens (including phenoxy) is 2. The van der Waals surface area contributed by atoms with Crippen LogP contribution in [0.15, 0.2) is 36.5 Å². The molecule has 0 spiro atoms. The van der Waals surface area contributed by atoms with E-state index in [2.05, 4.69) is 20.9 Å². The van der Waals surface area contributed by atoms with Crippen LogP contribution in [0.25, 0.3) is 0 Å². The van der Waals surface area contributed by atoms with Crippen LogP contribution in [0.5, 0.6) is 0 Å². The highest BCUT2D eigenvalue weighted by atomic mass is 32.1. The van der Waals surface area contributed by atoms with E-state index >= 15 is 0 Å². The molecule has 1 saturated heterocycles. The van der Waals surface area contributed by atoms with Gasteiger partial charge in [0, 0.05) is 7.11 Å². The molecule has 3 rings (SSSR count). The zero-order chi connectivity index (χ0) is 25.6. The molecule has 188 valence electrons. The van der Waals surface area contributed by atoms with Crippen LogP contribution in [0.4, 0.5) is 0 Å². The molecule has 10 nitrogen and oxygen atoms in total. The van der Waals surface area contributed by atoms with Gasteiger partial charge in [0.05, 0.1) is 30.5 Å². The number of carbonyl (C=O) groups excluding carboxylic acids is 4. The Morgan fingerprint density at radius 1 is 1.11 bits per heavy atom. The molecule has 1 fully saturated rings. The lowest BCUT2D eigenvalue weighted by molar-refractivity contribution is -0.133. The molecule has 0 aliphatic carbocycles. The summed E-state index contributed by atoms with van der Waals surface area (Å²) >= 11 is 1.20. The number of benzene rings is 1. The molecule has 35 heavy (non-hydrogen) atoms. The van der Waals surface area contributed by atoms with E-state index in [9.17, 15) is 19.2 Å². The molecule has 2 aromatic rings. The number of thiazole rings is 1. The number of rotatable bonds is 12. The second-order valence-corrected chi connectivity index (χ2v) is 9.82. The maximum Gasteiger partial charge on any atom is 0.263 e. The summed E-state index contributed by atoms with van der Waals surface area (Å²) < 4.78 is 10.4. The molecule has 3 amide bonds. The molecule has 4 atom stereocenters. The Morgan fingerprint density at radius 2 is 1.80 bits per heavy atom. The van der Waals surface area contributed by atoms with Crippen molar-refractivity contribution in [3.8, 4) is 0 Å². The van der Waals surface area contributed by atoms with E-state index in [4.69, 9.17) is 9.47 Å². The van der Waals surface area contributed by atoms with Crippen molar-refractivity contribution in [1.29, 1.82) is 0 Å². The lowest BCUT2D eigenvalue weighted by atomic mass is 9.94. The number of hydrogen-bond acceptors (Lipinski definition) is 8. The Morgan fingerprint density at radius 3 is 2.37 bits per heavy atom. The lowest BCUT2D eigenvalue weighted by Crippen LogP contribution is -2.56. The van der Waals surface area contributed by atoms with Crippen molar-refractivity contribution in [3.63, 3.8) is 0 Å². The van der Waals surface area contributed by atoms with Crippen LogP contribution >= 0.6 is 11.3 Å². The van der Waals surface area contributed by atoms with Gasteiger partial charge in [-0.25, -0.2) is 4.98 Å². The van der Waals surface area contributed by atoms with Crippen LogP contribution in [0.3, 0.4) is 0 Å². The minimum atomic E-state index is -1.02. The molecule has 1 aromatic heterocycles. The quantitative estimate of drug-likeness (QED) is 0.365. The van der Waals surface area contributed by atoms with Crippen LogP contribution in [0.1, 0.15) is 34.1 Å². The largest absolute Gasteiger partial charge is 0.382 e. The average Bonchev–Trinajstić information content (AvgIpc) is 3.43. The normalized spacial score (nSPS) is 19.2. The number of carbonyl (C=O) groups is 4. The van der Waals surface area contributed by atoms with Gasteiger partial charge < -0.3 is 25.4 Å². The van der Waals surface area contributed by atoms with Gasteiger partial charge in [0.2, 0.25) is 11.8 Å². The van der Waals surface area contributed by atoms with Gasteiger partial charge >= 0.3 is 0 Å². The van der Waals surface area contributed by atoms with E-state index in [1.807, 2.05) is 30.3 Å². The third kappa shape index (κ3) is 7.17. The highest BCUT2D eigenvalue weighted by Crippen LogP contribution is 2.29. The molecule has 1 aromatic carbocycles. The second kappa shape index (κ2) is 11.5. The van der Waals surface area contributed by atoms with Gasteiger partial charge in [-0.15, -0.1) is 11.3 Å². The third-order valence-corrected chi connectivity index (χ3v) is 6.48. The van der Waals surface area contributed by atoms with Gasteiger partial charge in [0.1, 0.15) is 22.6 Å². The van der Waals surface area contributed by atoms with Crippen LogP contribution in [-0.4, -0.2) is 72.5 Å². The standard InChI is InChI=1S/C24H30N4O6S/c1-14(26-22(31)18(12-33-4)28-23(32)19-11-25-15(2)35-19)21(30)27-17(20(29)24(3)13-34-24)10-16-8-6-5-7-9-16/h5-9,11,14,17-18H,10,12-13H2,1-4H3,(H,26,31)(H,27,30)(H,28,32)/t14-,17?,18?,24?/m0/s1. The van der Waals surface area contributed by atoms with Crippen molar-refractivity contribution in [2.45, 2.75) is 50.9 Å². The minimum Gasteiger partial charge on any atom is -0.382 e. The fraction of sp³-hybridized carbons (Fsp3) is 0.458. The second-order valence-electron chi connectivity index (χ2n) is 8.59. The number of nitrogens with zero attached hydrogens (tertiary/aromatic N) is 1. The van der Waals surface area contributed by atoms with Gasteiger partial charge in [0.25, 0.3) is 5.91 Å². The van der Waals surface area contributed by atoms with Crippen LogP contribution in [0, 0.1) is 6.92 Å². The maximum atomic E-state index is 13.0. The summed E-state index contributed by atoms with van der Waals surface area (Å²) in [5, 5.41) is 8.66. The van der Waals surface area contributed by atoms with E-state index in [1.165, 1.54) is 31.6 Å². The topological polar surface area (TPSA) is 139 Å². The average molecular weight is 503 g/mol. The van der Waals surface area contributed by atoms with Gasteiger partial charge in [-0.05, 0) is 32.8 Å². The molecule has 3 unspecified atom stereocenters. The van der Waals surface area contributed by atoms with Gasteiger partial charge in [-0.3, -0.25) is 19.2 Å². The summed E-state index contributed by atoms with van der Waals surface area (Å²) in [5.41, 5.74) is -0.0320. The number of epoxide rings is 1. The van der Waals surface area contributed by atoms with Crippen LogP contribution in [0.2, 0.25) is 0 Å².